The van der Waals surface area contributed by atoms with Crippen LogP contribution < -0.4 is 11.1 Å². The van der Waals surface area contributed by atoms with E-state index >= 15 is 0 Å². The van der Waals surface area contributed by atoms with Crippen molar-refractivity contribution in [1.29, 1.82) is 0 Å². The Morgan fingerprint density at radius 3 is 2.58 bits per heavy atom. The molecule has 0 bridgehead atoms. The van der Waals surface area contributed by atoms with Crippen LogP contribution in [0.25, 0.3) is 0 Å². The minimum atomic E-state index is 0.00459. The fourth-order valence-electron chi connectivity index (χ4n) is 2.77. The van der Waals surface area contributed by atoms with E-state index < -0.39 is 0 Å². The summed E-state index contributed by atoms with van der Waals surface area (Å²) in [5.41, 5.74) is 7.13. The van der Waals surface area contributed by atoms with Crippen molar-refractivity contribution in [3.05, 3.63) is 18.0 Å². The highest BCUT2D eigenvalue weighted by molar-refractivity contribution is 5.94. The van der Waals surface area contributed by atoms with E-state index in [1.807, 2.05) is 10.8 Å². The Bertz CT molecular complexity index is 442. The van der Waals surface area contributed by atoms with Gasteiger partial charge in [-0.25, -0.2) is 0 Å². The highest BCUT2D eigenvalue weighted by Gasteiger charge is 2.22. The van der Waals surface area contributed by atoms with Crippen LogP contribution in [-0.4, -0.2) is 16.5 Å². The molecule has 1 fully saturated rings. The maximum Gasteiger partial charge on any atom is 0.268 e. The summed E-state index contributed by atoms with van der Waals surface area (Å²) in [5.74, 6) is 0.799. The molecule has 1 aromatic heterocycles. The molecule has 2 rings (SSSR count). The van der Waals surface area contributed by atoms with Crippen molar-refractivity contribution >= 4 is 11.6 Å². The monoisotopic (exact) mass is 263 g/mol. The van der Waals surface area contributed by atoms with Crippen molar-refractivity contribution in [2.24, 2.45) is 5.92 Å². The number of carbonyl (C=O) groups is 1. The van der Waals surface area contributed by atoms with Gasteiger partial charge in [-0.15, -0.1) is 0 Å². The number of amides is 1. The quantitative estimate of drug-likeness (QED) is 0.880. The second-order valence-electron chi connectivity index (χ2n) is 6.09. The van der Waals surface area contributed by atoms with Gasteiger partial charge in [-0.3, -0.25) is 4.79 Å². The summed E-state index contributed by atoms with van der Waals surface area (Å²) in [6.07, 6.45) is 6.43. The van der Waals surface area contributed by atoms with Gasteiger partial charge in [0.1, 0.15) is 5.69 Å². The fraction of sp³-hybridized carbons (Fsp3) is 0.667. The van der Waals surface area contributed by atoms with E-state index in [9.17, 15) is 4.79 Å². The number of nitrogens with zero attached hydrogens (tertiary/aromatic N) is 1. The van der Waals surface area contributed by atoms with Crippen molar-refractivity contribution in [3.8, 4) is 0 Å². The minimum absolute atomic E-state index is 0.00459. The van der Waals surface area contributed by atoms with Crippen LogP contribution in [0.5, 0.6) is 0 Å². The number of nitrogen functional groups attached to an aromatic ring is 1. The number of nitrogens with two attached hydrogens (primary N) is 1. The fourth-order valence-corrected chi connectivity index (χ4v) is 2.77. The number of hydrogen-bond donors (Lipinski definition) is 2. The first kappa shape index (κ1) is 14.0. The summed E-state index contributed by atoms with van der Waals surface area (Å²) >= 11 is 0. The Morgan fingerprint density at radius 2 is 2.00 bits per heavy atom. The van der Waals surface area contributed by atoms with Crippen LogP contribution >= 0.6 is 0 Å². The number of anilines is 1. The van der Waals surface area contributed by atoms with E-state index in [0.29, 0.717) is 17.4 Å². The molecule has 4 heteroatoms. The lowest BCUT2D eigenvalue weighted by Crippen LogP contribution is -2.38. The molecule has 0 aromatic carbocycles. The number of nitrogens with one attached hydrogen (secondary N) is 1. The number of hydrogen-bond acceptors (Lipinski definition) is 2. The summed E-state index contributed by atoms with van der Waals surface area (Å²) in [6, 6.07) is 2.32. The average Bonchev–Trinajstić information content (AvgIpc) is 2.74. The predicted molar refractivity (Wildman–Crippen MR) is 78.1 cm³/mol. The van der Waals surface area contributed by atoms with Crippen molar-refractivity contribution in [2.45, 2.75) is 58.5 Å². The molecule has 1 aliphatic carbocycles. The molecule has 0 atom stereocenters. The summed E-state index contributed by atoms with van der Waals surface area (Å²) < 4.78 is 1.94. The first-order valence-corrected chi connectivity index (χ1v) is 7.25. The van der Waals surface area contributed by atoms with E-state index in [1.165, 1.54) is 12.8 Å². The van der Waals surface area contributed by atoms with E-state index in [0.717, 1.165) is 18.8 Å². The average molecular weight is 263 g/mol. The Hall–Kier alpha value is -1.45. The van der Waals surface area contributed by atoms with E-state index in [1.54, 1.807) is 6.07 Å². The molecular weight excluding hydrogens is 238 g/mol. The van der Waals surface area contributed by atoms with E-state index in [4.69, 9.17) is 5.73 Å². The lowest BCUT2D eigenvalue weighted by atomic mass is 9.87. The van der Waals surface area contributed by atoms with Gasteiger partial charge in [-0.2, -0.15) is 0 Å². The van der Waals surface area contributed by atoms with Crippen LogP contribution in [0.4, 0.5) is 5.69 Å². The summed E-state index contributed by atoms with van der Waals surface area (Å²) in [6.45, 7) is 6.39. The summed E-state index contributed by atoms with van der Waals surface area (Å²) in [4.78, 5) is 12.3. The highest BCUT2D eigenvalue weighted by atomic mass is 16.2. The third-order valence-electron chi connectivity index (χ3n) is 4.01. The van der Waals surface area contributed by atoms with Gasteiger partial charge in [0.05, 0.1) is 5.69 Å². The SMILES string of the molecule is CC1CCC(NC(=O)c2cc(N)cn2C(C)C)CC1. The molecule has 1 amide bonds. The Balaban J connectivity index is 2.03. The summed E-state index contributed by atoms with van der Waals surface area (Å²) in [5, 5.41) is 3.15. The third-order valence-corrected chi connectivity index (χ3v) is 4.01. The van der Waals surface area contributed by atoms with Crippen LogP contribution in [0.3, 0.4) is 0 Å². The van der Waals surface area contributed by atoms with Gasteiger partial charge in [-0.1, -0.05) is 6.92 Å². The normalized spacial score (nSPS) is 23.6. The lowest BCUT2D eigenvalue weighted by Gasteiger charge is -2.27. The molecule has 0 spiro atoms. The van der Waals surface area contributed by atoms with Gasteiger partial charge in [0.25, 0.3) is 5.91 Å². The molecular formula is C15H25N3O. The van der Waals surface area contributed by atoms with Crippen LogP contribution in [-0.2, 0) is 0 Å². The highest BCUT2D eigenvalue weighted by Crippen LogP contribution is 2.24. The first-order valence-electron chi connectivity index (χ1n) is 7.25. The first-order chi connectivity index (χ1) is 8.97. The van der Waals surface area contributed by atoms with Gasteiger partial charge in [-0.05, 0) is 51.5 Å². The molecule has 0 saturated heterocycles. The Kier molecular flexibility index (Phi) is 4.17. The summed E-state index contributed by atoms with van der Waals surface area (Å²) in [7, 11) is 0. The largest absolute Gasteiger partial charge is 0.397 e. The minimum Gasteiger partial charge on any atom is -0.397 e. The van der Waals surface area contributed by atoms with Gasteiger partial charge < -0.3 is 15.6 Å². The number of carbonyl (C=O) groups excluding carboxylic acids is 1. The molecule has 0 unspecified atom stereocenters. The van der Waals surface area contributed by atoms with Gasteiger partial charge in [0, 0.05) is 18.3 Å². The van der Waals surface area contributed by atoms with Crippen LogP contribution in [0.2, 0.25) is 0 Å². The Morgan fingerprint density at radius 1 is 1.37 bits per heavy atom. The van der Waals surface area contributed by atoms with Crippen molar-refractivity contribution in [3.63, 3.8) is 0 Å². The smallest absolute Gasteiger partial charge is 0.268 e. The molecule has 3 N–H and O–H groups in total. The molecule has 1 aromatic rings. The zero-order valence-electron chi connectivity index (χ0n) is 12.1. The number of aromatic nitrogens is 1. The molecule has 19 heavy (non-hydrogen) atoms. The third kappa shape index (κ3) is 3.31. The van der Waals surface area contributed by atoms with Crippen molar-refractivity contribution < 1.29 is 4.79 Å². The van der Waals surface area contributed by atoms with Gasteiger partial charge >= 0.3 is 0 Å². The predicted octanol–water partition coefficient (Wildman–Crippen LogP) is 2.96. The zero-order chi connectivity index (χ0) is 14.0. The lowest BCUT2D eigenvalue weighted by molar-refractivity contribution is 0.0912. The van der Waals surface area contributed by atoms with Gasteiger partial charge in [0.15, 0.2) is 0 Å². The zero-order valence-corrected chi connectivity index (χ0v) is 12.1. The van der Waals surface area contributed by atoms with Crippen LogP contribution in [0.1, 0.15) is 63.0 Å². The maximum absolute atomic E-state index is 12.3. The molecule has 1 aliphatic rings. The Labute approximate surface area is 115 Å². The molecule has 1 heterocycles. The molecule has 0 aliphatic heterocycles. The molecule has 1 saturated carbocycles. The second kappa shape index (κ2) is 5.68. The second-order valence-corrected chi connectivity index (χ2v) is 6.09. The topological polar surface area (TPSA) is 60.1 Å². The standard InChI is InChI=1S/C15H25N3O/c1-10(2)18-9-12(16)8-14(18)15(19)17-13-6-4-11(3)5-7-13/h8-11,13H,4-7,16H2,1-3H3,(H,17,19). The molecule has 4 nitrogen and oxygen atoms in total. The van der Waals surface area contributed by atoms with Crippen LogP contribution in [0.15, 0.2) is 12.3 Å². The van der Waals surface area contributed by atoms with E-state index in [2.05, 4.69) is 26.1 Å². The van der Waals surface area contributed by atoms with Crippen molar-refractivity contribution in [1.82, 2.24) is 9.88 Å². The van der Waals surface area contributed by atoms with Gasteiger partial charge in [0.2, 0.25) is 0 Å². The maximum atomic E-state index is 12.3. The number of rotatable bonds is 3. The van der Waals surface area contributed by atoms with E-state index in [-0.39, 0.29) is 11.9 Å². The van der Waals surface area contributed by atoms with Crippen molar-refractivity contribution in [2.75, 3.05) is 5.73 Å². The molecule has 106 valence electrons. The molecule has 0 radical (unpaired) electrons. The van der Waals surface area contributed by atoms with Crippen LogP contribution in [0, 0.1) is 5.92 Å².